The van der Waals surface area contributed by atoms with Crippen LogP contribution in [0.2, 0.25) is 0 Å². The lowest BCUT2D eigenvalue weighted by Crippen LogP contribution is -2.45. The molecule has 0 spiro atoms. The van der Waals surface area contributed by atoms with Crippen LogP contribution in [0.15, 0.2) is 40.0 Å². The van der Waals surface area contributed by atoms with Crippen LogP contribution < -0.4 is 10.6 Å². The third-order valence-electron chi connectivity index (χ3n) is 2.97. The van der Waals surface area contributed by atoms with Crippen molar-refractivity contribution >= 4 is 39.2 Å². The predicted molar refractivity (Wildman–Crippen MR) is 85.1 cm³/mol. The topological polar surface area (TPSA) is 50.4 Å². The van der Waals surface area contributed by atoms with E-state index in [1.165, 1.54) is 0 Å². The summed E-state index contributed by atoms with van der Waals surface area (Å²) in [5.41, 5.74) is 2.24. The fraction of sp³-hybridized carbons (Fsp3) is 0.286. The summed E-state index contributed by atoms with van der Waals surface area (Å²) >= 11 is 8.57. The van der Waals surface area contributed by atoms with Crippen molar-refractivity contribution in [3.8, 4) is 0 Å². The zero-order valence-electron chi connectivity index (χ0n) is 11.2. The van der Waals surface area contributed by atoms with Gasteiger partial charge in [-0.3, -0.25) is 0 Å². The standard InChI is InChI=1S/C14H15BrN2O2S/c1-3-19-13(18)11-8(2)16-14(20)17-12(11)9-4-6-10(15)7-5-9/h4-7,12H,3H2,1-2H3,(H2,16,17,20)/t12-/m1/s1. The Kier molecular flexibility index (Phi) is 4.77. The molecule has 1 aliphatic rings. The minimum absolute atomic E-state index is 0.295. The minimum atomic E-state index is -0.333. The van der Waals surface area contributed by atoms with Crippen LogP contribution in [-0.4, -0.2) is 17.7 Å². The highest BCUT2D eigenvalue weighted by atomic mass is 79.9. The van der Waals surface area contributed by atoms with Crippen LogP contribution in [0.3, 0.4) is 0 Å². The number of rotatable bonds is 3. The normalized spacial score (nSPS) is 18.4. The smallest absolute Gasteiger partial charge is 0.338 e. The van der Waals surface area contributed by atoms with Gasteiger partial charge in [0.1, 0.15) is 0 Å². The largest absolute Gasteiger partial charge is 0.463 e. The van der Waals surface area contributed by atoms with Crippen molar-refractivity contribution < 1.29 is 9.53 Å². The highest BCUT2D eigenvalue weighted by Crippen LogP contribution is 2.28. The Labute approximate surface area is 131 Å². The van der Waals surface area contributed by atoms with Crippen molar-refractivity contribution in [1.82, 2.24) is 10.6 Å². The Morgan fingerprint density at radius 3 is 2.65 bits per heavy atom. The third-order valence-corrected chi connectivity index (χ3v) is 3.72. The number of allylic oxidation sites excluding steroid dienone is 1. The first-order valence-electron chi connectivity index (χ1n) is 6.23. The summed E-state index contributed by atoms with van der Waals surface area (Å²) in [5, 5.41) is 6.59. The second-order valence-electron chi connectivity index (χ2n) is 4.34. The van der Waals surface area contributed by atoms with Crippen molar-refractivity contribution in [2.75, 3.05) is 6.61 Å². The molecule has 0 fully saturated rings. The van der Waals surface area contributed by atoms with Crippen molar-refractivity contribution in [3.05, 3.63) is 45.6 Å². The number of carbonyl (C=O) groups is 1. The van der Waals surface area contributed by atoms with Crippen LogP contribution >= 0.6 is 28.1 Å². The van der Waals surface area contributed by atoms with Gasteiger partial charge in [0, 0.05) is 10.2 Å². The molecule has 0 unspecified atom stereocenters. The maximum absolute atomic E-state index is 12.2. The molecule has 1 aromatic carbocycles. The van der Waals surface area contributed by atoms with Gasteiger partial charge in [-0.2, -0.15) is 0 Å². The number of nitrogens with one attached hydrogen (secondary N) is 2. The molecule has 0 bridgehead atoms. The first kappa shape index (κ1) is 15.0. The summed E-state index contributed by atoms with van der Waals surface area (Å²) in [7, 11) is 0. The molecule has 2 rings (SSSR count). The van der Waals surface area contributed by atoms with Gasteiger partial charge in [0.15, 0.2) is 5.11 Å². The zero-order chi connectivity index (χ0) is 14.7. The van der Waals surface area contributed by atoms with E-state index in [-0.39, 0.29) is 12.0 Å². The summed E-state index contributed by atoms with van der Waals surface area (Å²) < 4.78 is 6.12. The fourth-order valence-corrected chi connectivity index (χ4v) is 2.61. The summed E-state index contributed by atoms with van der Waals surface area (Å²) in [5.74, 6) is -0.333. The predicted octanol–water partition coefficient (Wildman–Crippen LogP) is 2.81. The lowest BCUT2D eigenvalue weighted by Gasteiger charge is -2.29. The number of esters is 1. The lowest BCUT2D eigenvalue weighted by molar-refractivity contribution is -0.139. The number of carbonyl (C=O) groups excluding carboxylic acids is 1. The molecule has 2 N–H and O–H groups in total. The molecule has 0 aliphatic carbocycles. The van der Waals surface area contributed by atoms with Crippen LogP contribution in [0.25, 0.3) is 0 Å². The Morgan fingerprint density at radius 1 is 1.40 bits per heavy atom. The summed E-state index contributed by atoms with van der Waals surface area (Å²) in [4.78, 5) is 12.2. The zero-order valence-corrected chi connectivity index (χ0v) is 13.6. The van der Waals surface area contributed by atoms with Crippen LogP contribution in [0.4, 0.5) is 0 Å². The minimum Gasteiger partial charge on any atom is -0.463 e. The molecular formula is C14H15BrN2O2S. The number of thiocarbonyl (C=S) groups is 1. The first-order chi connectivity index (χ1) is 9.52. The quantitative estimate of drug-likeness (QED) is 0.645. The number of benzene rings is 1. The van der Waals surface area contributed by atoms with Gasteiger partial charge in [0.05, 0.1) is 18.2 Å². The van der Waals surface area contributed by atoms with Gasteiger partial charge in [-0.15, -0.1) is 0 Å². The Morgan fingerprint density at radius 2 is 2.05 bits per heavy atom. The number of hydrogen-bond acceptors (Lipinski definition) is 3. The molecule has 0 aromatic heterocycles. The van der Waals surface area contributed by atoms with E-state index < -0.39 is 0 Å². The summed E-state index contributed by atoms with van der Waals surface area (Å²) in [6, 6.07) is 7.46. The molecule has 0 amide bonds. The average molecular weight is 355 g/mol. The molecular weight excluding hydrogens is 340 g/mol. The highest BCUT2D eigenvalue weighted by Gasteiger charge is 2.30. The lowest BCUT2D eigenvalue weighted by atomic mass is 9.96. The second-order valence-corrected chi connectivity index (χ2v) is 5.67. The van der Waals surface area contributed by atoms with Crippen molar-refractivity contribution in [3.63, 3.8) is 0 Å². The Balaban J connectivity index is 2.41. The van der Waals surface area contributed by atoms with E-state index in [0.717, 1.165) is 15.7 Å². The van der Waals surface area contributed by atoms with E-state index in [0.29, 0.717) is 17.3 Å². The molecule has 1 atom stereocenters. The van der Waals surface area contributed by atoms with E-state index in [9.17, 15) is 4.79 Å². The molecule has 4 nitrogen and oxygen atoms in total. The van der Waals surface area contributed by atoms with E-state index in [1.54, 1.807) is 6.92 Å². The van der Waals surface area contributed by atoms with Crippen molar-refractivity contribution in [2.45, 2.75) is 19.9 Å². The second kappa shape index (κ2) is 6.37. The van der Waals surface area contributed by atoms with E-state index in [1.807, 2.05) is 31.2 Å². The van der Waals surface area contributed by atoms with Crippen LogP contribution in [0.5, 0.6) is 0 Å². The number of halogens is 1. The monoisotopic (exact) mass is 354 g/mol. The molecule has 6 heteroatoms. The fourth-order valence-electron chi connectivity index (χ4n) is 2.08. The average Bonchev–Trinajstić information content (AvgIpc) is 2.38. The third kappa shape index (κ3) is 3.19. The summed E-state index contributed by atoms with van der Waals surface area (Å²) in [6.45, 7) is 3.95. The molecule has 20 heavy (non-hydrogen) atoms. The van der Waals surface area contributed by atoms with Gasteiger partial charge in [-0.05, 0) is 43.8 Å². The molecule has 0 radical (unpaired) electrons. The van der Waals surface area contributed by atoms with E-state index in [4.69, 9.17) is 17.0 Å². The molecule has 0 saturated heterocycles. The van der Waals surface area contributed by atoms with E-state index in [2.05, 4.69) is 26.6 Å². The SMILES string of the molecule is CCOC(=O)C1=C(C)NC(=S)N[C@@H]1c1ccc(Br)cc1. The van der Waals surface area contributed by atoms with Crippen molar-refractivity contribution in [2.24, 2.45) is 0 Å². The van der Waals surface area contributed by atoms with Crippen LogP contribution in [0, 0.1) is 0 Å². The van der Waals surface area contributed by atoms with Crippen molar-refractivity contribution in [1.29, 1.82) is 0 Å². The van der Waals surface area contributed by atoms with Gasteiger partial charge in [-0.1, -0.05) is 28.1 Å². The molecule has 1 heterocycles. The number of ether oxygens (including phenoxy) is 1. The maximum atomic E-state index is 12.2. The van der Waals surface area contributed by atoms with E-state index >= 15 is 0 Å². The van der Waals surface area contributed by atoms with Gasteiger partial charge >= 0.3 is 5.97 Å². The number of hydrogen-bond donors (Lipinski definition) is 2. The van der Waals surface area contributed by atoms with Gasteiger partial charge in [-0.25, -0.2) is 4.79 Å². The van der Waals surface area contributed by atoms with Gasteiger partial charge in [0.25, 0.3) is 0 Å². The van der Waals surface area contributed by atoms with Crippen LogP contribution in [0.1, 0.15) is 25.5 Å². The molecule has 0 saturated carbocycles. The van der Waals surface area contributed by atoms with Gasteiger partial charge in [0.2, 0.25) is 0 Å². The Bertz CT molecular complexity index is 569. The molecule has 1 aliphatic heterocycles. The molecule has 106 valence electrons. The molecule has 1 aromatic rings. The Hall–Kier alpha value is -1.40. The van der Waals surface area contributed by atoms with Crippen LogP contribution in [-0.2, 0) is 9.53 Å². The highest BCUT2D eigenvalue weighted by molar-refractivity contribution is 9.10. The van der Waals surface area contributed by atoms with Gasteiger partial charge < -0.3 is 15.4 Å². The summed E-state index contributed by atoms with van der Waals surface area (Å²) in [6.07, 6.45) is 0. The first-order valence-corrected chi connectivity index (χ1v) is 7.44. The maximum Gasteiger partial charge on any atom is 0.338 e.